The van der Waals surface area contributed by atoms with Crippen molar-refractivity contribution in [2.24, 2.45) is 5.73 Å². The summed E-state index contributed by atoms with van der Waals surface area (Å²) in [5, 5.41) is 0.0706. The van der Waals surface area contributed by atoms with Crippen LogP contribution < -0.4 is 10.5 Å². The van der Waals surface area contributed by atoms with E-state index in [-0.39, 0.29) is 16.3 Å². The minimum Gasteiger partial charge on any atom is -0.489 e. The van der Waals surface area contributed by atoms with Crippen LogP contribution in [0, 0.1) is 5.82 Å². The molecule has 0 spiro atoms. The minimum atomic E-state index is -1.07. The van der Waals surface area contributed by atoms with Gasteiger partial charge in [-0.1, -0.05) is 11.6 Å². The third-order valence-electron chi connectivity index (χ3n) is 2.12. The van der Waals surface area contributed by atoms with Crippen molar-refractivity contribution >= 4 is 17.6 Å². The lowest BCUT2D eigenvalue weighted by atomic mass is 10.1. The van der Waals surface area contributed by atoms with E-state index in [1.54, 1.807) is 6.92 Å². The summed E-state index contributed by atoms with van der Waals surface area (Å²) in [6.07, 6.45) is 0. The molecule has 1 aromatic rings. The lowest BCUT2D eigenvalue weighted by Gasteiger charge is -2.13. The largest absolute Gasteiger partial charge is 0.489 e. The molecule has 0 bridgehead atoms. The standard InChI is InChI=1S/C11H13ClFNO3/c1-3-17-10-7(12)4-6(5-8(10)13)9(14)11(15)16-2/h4-5,9H,3,14H2,1-2H3/t9-/m0/s1. The average molecular weight is 262 g/mol. The molecule has 2 N–H and O–H groups in total. The summed E-state index contributed by atoms with van der Waals surface area (Å²) in [6, 6.07) is 1.43. The first-order chi connectivity index (χ1) is 8.01. The lowest BCUT2D eigenvalue weighted by Crippen LogP contribution is -2.22. The van der Waals surface area contributed by atoms with Gasteiger partial charge >= 0.3 is 5.97 Å². The first kappa shape index (κ1) is 13.7. The molecule has 4 nitrogen and oxygen atoms in total. The smallest absolute Gasteiger partial charge is 0.327 e. The number of rotatable bonds is 4. The van der Waals surface area contributed by atoms with Crippen molar-refractivity contribution in [1.29, 1.82) is 0 Å². The predicted molar refractivity (Wildman–Crippen MR) is 61.5 cm³/mol. The second kappa shape index (κ2) is 5.84. The van der Waals surface area contributed by atoms with Gasteiger partial charge in [-0.15, -0.1) is 0 Å². The van der Waals surface area contributed by atoms with Crippen molar-refractivity contribution < 1.29 is 18.7 Å². The van der Waals surface area contributed by atoms with Gasteiger partial charge in [0.25, 0.3) is 0 Å². The molecule has 94 valence electrons. The Morgan fingerprint density at radius 1 is 1.59 bits per heavy atom. The van der Waals surface area contributed by atoms with E-state index in [0.717, 1.165) is 6.07 Å². The van der Waals surface area contributed by atoms with Gasteiger partial charge in [0.15, 0.2) is 11.6 Å². The lowest BCUT2D eigenvalue weighted by molar-refractivity contribution is -0.142. The van der Waals surface area contributed by atoms with Crippen LogP contribution in [0.15, 0.2) is 12.1 Å². The number of carbonyl (C=O) groups excluding carboxylic acids is 1. The number of halogens is 2. The van der Waals surface area contributed by atoms with Gasteiger partial charge in [-0.3, -0.25) is 4.79 Å². The van der Waals surface area contributed by atoms with Crippen molar-refractivity contribution in [2.75, 3.05) is 13.7 Å². The number of hydrogen-bond donors (Lipinski definition) is 1. The van der Waals surface area contributed by atoms with Crippen molar-refractivity contribution in [1.82, 2.24) is 0 Å². The highest BCUT2D eigenvalue weighted by molar-refractivity contribution is 6.32. The van der Waals surface area contributed by atoms with Crippen LogP contribution in [0.25, 0.3) is 0 Å². The van der Waals surface area contributed by atoms with Crippen LogP contribution in [-0.4, -0.2) is 19.7 Å². The zero-order valence-corrected chi connectivity index (χ0v) is 10.3. The highest BCUT2D eigenvalue weighted by atomic mass is 35.5. The zero-order valence-electron chi connectivity index (χ0n) is 9.50. The van der Waals surface area contributed by atoms with Gasteiger partial charge in [-0.2, -0.15) is 0 Å². The quantitative estimate of drug-likeness (QED) is 0.843. The van der Waals surface area contributed by atoms with E-state index in [9.17, 15) is 9.18 Å². The molecule has 0 unspecified atom stereocenters. The Kier molecular flexibility index (Phi) is 4.72. The fraction of sp³-hybridized carbons (Fsp3) is 0.364. The molecule has 1 atom stereocenters. The summed E-state index contributed by atoms with van der Waals surface area (Å²) in [7, 11) is 1.20. The Balaban J connectivity index is 3.09. The molecule has 1 rings (SSSR count). The molecule has 17 heavy (non-hydrogen) atoms. The van der Waals surface area contributed by atoms with Crippen molar-refractivity contribution in [3.63, 3.8) is 0 Å². The maximum atomic E-state index is 13.6. The molecule has 0 aliphatic heterocycles. The summed E-state index contributed by atoms with van der Waals surface area (Å²) >= 11 is 5.83. The minimum absolute atomic E-state index is 0.0463. The monoisotopic (exact) mass is 261 g/mol. The van der Waals surface area contributed by atoms with Gasteiger partial charge in [-0.05, 0) is 24.6 Å². The molecular weight excluding hydrogens is 249 g/mol. The number of methoxy groups -OCH3 is 1. The van der Waals surface area contributed by atoms with Crippen LogP contribution in [0.2, 0.25) is 5.02 Å². The highest BCUT2D eigenvalue weighted by Crippen LogP contribution is 2.31. The average Bonchev–Trinajstić information content (AvgIpc) is 2.31. The topological polar surface area (TPSA) is 61.5 Å². The molecule has 0 radical (unpaired) electrons. The fourth-order valence-corrected chi connectivity index (χ4v) is 1.58. The van der Waals surface area contributed by atoms with E-state index in [1.165, 1.54) is 13.2 Å². The normalized spacial score (nSPS) is 12.1. The van der Waals surface area contributed by atoms with E-state index >= 15 is 0 Å². The predicted octanol–water partition coefficient (Wildman–Crippen LogP) is 2.05. The molecule has 0 aliphatic rings. The van der Waals surface area contributed by atoms with Gasteiger partial charge in [-0.25, -0.2) is 4.39 Å². The Morgan fingerprint density at radius 2 is 2.24 bits per heavy atom. The van der Waals surface area contributed by atoms with E-state index < -0.39 is 17.8 Å². The summed E-state index contributed by atoms with van der Waals surface area (Å²) in [4.78, 5) is 11.2. The third-order valence-corrected chi connectivity index (χ3v) is 2.40. The van der Waals surface area contributed by atoms with E-state index in [1.807, 2.05) is 0 Å². The van der Waals surface area contributed by atoms with Crippen LogP contribution in [0.3, 0.4) is 0 Å². The molecule has 0 amide bonds. The number of hydrogen-bond acceptors (Lipinski definition) is 4. The molecule has 0 saturated carbocycles. The molecule has 0 aromatic heterocycles. The maximum Gasteiger partial charge on any atom is 0.327 e. The number of esters is 1. The van der Waals surface area contributed by atoms with Gasteiger partial charge in [0.05, 0.1) is 18.7 Å². The number of ether oxygens (including phenoxy) is 2. The molecule has 1 aromatic carbocycles. The van der Waals surface area contributed by atoms with Gasteiger partial charge < -0.3 is 15.2 Å². The summed E-state index contributed by atoms with van der Waals surface area (Å²) in [5.41, 5.74) is 5.81. The highest BCUT2D eigenvalue weighted by Gasteiger charge is 2.20. The molecule has 6 heteroatoms. The van der Waals surface area contributed by atoms with Crippen molar-refractivity contribution in [2.45, 2.75) is 13.0 Å². The number of benzene rings is 1. The molecule has 0 aliphatic carbocycles. The first-order valence-corrected chi connectivity index (χ1v) is 5.34. The second-order valence-corrected chi connectivity index (χ2v) is 3.65. The van der Waals surface area contributed by atoms with Gasteiger partial charge in [0.2, 0.25) is 0 Å². The zero-order chi connectivity index (χ0) is 13.0. The second-order valence-electron chi connectivity index (χ2n) is 3.25. The van der Waals surface area contributed by atoms with Crippen LogP contribution >= 0.6 is 11.6 Å². The van der Waals surface area contributed by atoms with Crippen LogP contribution in [0.5, 0.6) is 5.75 Å². The Hall–Kier alpha value is -1.33. The number of carbonyl (C=O) groups is 1. The molecular formula is C11H13ClFNO3. The SMILES string of the molecule is CCOc1c(F)cc([C@H](N)C(=O)OC)cc1Cl. The maximum absolute atomic E-state index is 13.6. The van der Waals surface area contributed by atoms with Crippen LogP contribution in [-0.2, 0) is 9.53 Å². The van der Waals surface area contributed by atoms with E-state index in [4.69, 9.17) is 22.1 Å². The summed E-state index contributed by atoms with van der Waals surface area (Å²) in [6.45, 7) is 2.00. The molecule has 0 heterocycles. The number of nitrogens with two attached hydrogens (primary N) is 1. The van der Waals surface area contributed by atoms with Crippen molar-refractivity contribution in [3.8, 4) is 5.75 Å². The summed E-state index contributed by atoms with van der Waals surface area (Å²) < 4.78 is 23.1. The Bertz CT molecular complexity index is 402. The fourth-order valence-electron chi connectivity index (χ4n) is 1.30. The first-order valence-electron chi connectivity index (χ1n) is 4.96. The Morgan fingerprint density at radius 3 is 2.71 bits per heavy atom. The van der Waals surface area contributed by atoms with Crippen LogP contribution in [0.1, 0.15) is 18.5 Å². The third kappa shape index (κ3) is 3.08. The molecule has 0 saturated heterocycles. The van der Waals surface area contributed by atoms with Gasteiger partial charge in [0, 0.05) is 0 Å². The van der Waals surface area contributed by atoms with E-state index in [0.29, 0.717) is 6.61 Å². The van der Waals surface area contributed by atoms with E-state index in [2.05, 4.69) is 4.74 Å². The van der Waals surface area contributed by atoms with Crippen molar-refractivity contribution in [3.05, 3.63) is 28.5 Å². The summed E-state index contributed by atoms with van der Waals surface area (Å²) in [5.74, 6) is -1.37. The molecule has 0 fully saturated rings. The van der Waals surface area contributed by atoms with Crippen LogP contribution in [0.4, 0.5) is 4.39 Å². The van der Waals surface area contributed by atoms with Gasteiger partial charge in [0.1, 0.15) is 6.04 Å². The Labute approximate surface area is 103 Å².